The van der Waals surface area contributed by atoms with Crippen LogP contribution in [0.2, 0.25) is 5.02 Å². The van der Waals surface area contributed by atoms with Crippen molar-refractivity contribution in [2.24, 2.45) is 0 Å². The fraction of sp³-hybridized carbons (Fsp3) is 0.538. The summed E-state index contributed by atoms with van der Waals surface area (Å²) in [7, 11) is 5.58. The second kappa shape index (κ2) is 6.83. The number of halogens is 1. The van der Waals surface area contributed by atoms with Crippen LogP contribution in [-0.4, -0.2) is 43.8 Å². The first-order valence-corrected chi connectivity index (χ1v) is 6.26. The molecule has 18 heavy (non-hydrogen) atoms. The van der Waals surface area contributed by atoms with Gasteiger partial charge in [-0.25, -0.2) is 0 Å². The van der Waals surface area contributed by atoms with E-state index in [1.807, 2.05) is 14.1 Å². The molecule has 2 N–H and O–H groups in total. The van der Waals surface area contributed by atoms with Gasteiger partial charge in [-0.3, -0.25) is 0 Å². The highest BCUT2D eigenvalue weighted by molar-refractivity contribution is 6.30. The van der Waals surface area contributed by atoms with Crippen molar-refractivity contribution in [3.63, 3.8) is 0 Å². The average molecular weight is 273 g/mol. The first-order chi connectivity index (χ1) is 8.45. The van der Waals surface area contributed by atoms with Gasteiger partial charge >= 0.3 is 0 Å². The van der Waals surface area contributed by atoms with E-state index in [0.717, 1.165) is 12.1 Å². The Hall–Kier alpha value is -0.970. The number of aromatic hydroxyl groups is 1. The van der Waals surface area contributed by atoms with Crippen LogP contribution >= 0.6 is 11.6 Å². The van der Waals surface area contributed by atoms with Crippen molar-refractivity contribution in [1.82, 2.24) is 10.2 Å². The Labute approximate surface area is 114 Å². The average Bonchev–Trinajstić information content (AvgIpc) is 2.32. The Bertz CT molecular complexity index is 397. The largest absolute Gasteiger partial charge is 0.504 e. The quantitative estimate of drug-likeness (QED) is 0.832. The monoisotopic (exact) mass is 272 g/mol. The van der Waals surface area contributed by atoms with Crippen LogP contribution in [0, 0.1) is 0 Å². The number of nitrogens with zero attached hydrogens (tertiary/aromatic N) is 1. The Kier molecular flexibility index (Phi) is 5.72. The smallest absolute Gasteiger partial charge is 0.162 e. The molecule has 0 aliphatic heterocycles. The topological polar surface area (TPSA) is 44.7 Å². The maximum Gasteiger partial charge on any atom is 0.162 e. The van der Waals surface area contributed by atoms with E-state index in [-0.39, 0.29) is 5.75 Å². The highest BCUT2D eigenvalue weighted by atomic mass is 35.5. The van der Waals surface area contributed by atoms with Crippen LogP contribution in [0.25, 0.3) is 0 Å². The molecule has 102 valence electrons. The van der Waals surface area contributed by atoms with Crippen LogP contribution in [0.15, 0.2) is 12.1 Å². The zero-order valence-electron chi connectivity index (χ0n) is 11.3. The number of likely N-dealkylation sites (N-methyl/N-ethyl adjacent to an activating group) is 1. The van der Waals surface area contributed by atoms with Crippen LogP contribution in [0.4, 0.5) is 0 Å². The van der Waals surface area contributed by atoms with Gasteiger partial charge in [-0.15, -0.1) is 0 Å². The number of nitrogens with one attached hydrogen (secondary N) is 1. The van der Waals surface area contributed by atoms with Crippen LogP contribution in [-0.2, 0) is 6.54 Å². The lowest BCUT2D eigenvalue weighted by atomic mass is 10.1. The van der Waals surface area contributed by atoms with Crippen molar-refractivity contribution in [3.8, 4) is 11.5 Å². The summed E-state index contributed by atoms with van der Waals surface area (Å²) in [5.74, 6) is 0.548. The molecule has 0 amide bonds. The van der Waals surface area contributed by atoms with E-state index >= 15 is 0 Å². The summed E-state index contributed by atoms with van der Waals surface area (Å²) in [4.78, 5) is 2.13. The predicted molar refractivity (Wildman–Crippen MR) is 74.5 cm³/mol. The lowest BCUT2D eigenvalue weighted by Crippen LogP contribution is -2.35. The van der Waals surface area contributed by atoms with Crippen LogP contribution < -0.4 is 10.1 Å². The number of phenols is 1. The number of hydrogen-bond donors (Lipinski definition) is 2. The molecule has 1 aromatic carbocycles. The van der Waals surface area contributed by atoms with Gasteiger partial charge in [-0.05, 0) is 27.1 Å². The fourth-order valence-corrected chi connectivity index (χ4v) is 1.75. The summed E-state index contributed by atoms with van der Waals surface area (Å²) in [6.45, 7) is 3.52. The van der Waals surface area contributed by atoms with Crippen molar-refractivity contribution < 1.29 is 9.84 Å². The molecule has 0 radical (unpaired) electrons. The molecule has 0 fully saturated rings. The Balaban J connectivity index is 2.65. The third kappa shape index (κ3) is 4.05. The summed E-state index contributed by atoms with van der Waals surface area (Å²) >= 11 is 5.97. The number of benzene rings is 1. The first kappa shape index (κ1) is 15.1. The Morgan fingerprint density at radius 1 is 1.44 bits per heavy atom. The van der Waals surface area contributed by atoms with Gasteiger partial charge in [0.15, 0.2) is 11.5 Å². The molecule has 0 aliphatic rings. The van der Waals surface area contributed by atoms with Crippen molar-refractivity contribution in [2.75, 3.05) is 27.7 Å². The van der Waals surface area contributed by atoms with Gasteiger partial charge in [0.2, 0.25) is 0 Å². The van der Waals surface area contributed by atoms with Gasteiger partial charge in [0.1, 0.15) is 0 Å². The molecule has 0 saturated carbocycles. The standard InChI is InChI=1S/C13H21ClN2O2/c1-9(16(2)3)7-15-8-10-5-11(14)6-12(18-4)13(10)17/h5-6,9,15,17H,7-8H2,1-4H3. The molecule has 0 bridgehead atoms. The normalized spacial score (nSPS) is 12.8. The fourth-order valence-electron chi connectivity index (χ4n) is 1.52. The summed E-state index contributed by atoms with van der Waals surface area (Å²) in [5, 5.41) is 13.8. The first-order valence-electron chi connectivity index (χ1n) is 5.88. The minimum atomic E-state index is 0.145. The molecular weight excluding hydrogens is 252 g/mol. The molecule has 0 aliphatic carbocycles. The van der Waals surface area contributed by atoms with Crippen LogP contribution in [0.3, 0.4) is 0 Å². The van der Waals surface area contributed by atoms with Crippen molar-refractivity contribution in [1.29, 1.82) is 0 Å². The molecular formula is C13H21ClN2O2. The molecule has 0 heterocycles. The molecule has 5 heteroatoms. The maximum atomic E-state index is 9.95. The third-order valence-corrected chi connectivity index (χ3v) is 3.19. The van der Waals surface area contributed by atoms with Gasteiger partial charge in [-0.1, -0.05) is 11.6 Å². The summed E-state index contributed by atoms with van der Waals surface area (Å²) in [5.41, 5.74) is 0.741. The van der Waals surface area contributed by atoms with Gasteiger partial charge in [0.25, 0.3) is 0 Å². The van der Waals surface area contributed by atoms with Gasteiger partial charge in [-0.2, -0.15) is 0 Å². The number of ether oxygens (including phenoxy) is 1. The highest BCUT2D eigenvalue weighted by Crippen LogP contribution is 2.33. The lowest BCUT2D eigenvalue weighted by molar-refractivity contribution is 0.302. The van der Waals surface area contributed by atoms with Crippen LogP contribution in [0.5, 0.6) is 11.5 Å². The maximum absolute atomic E-state index is 9.95. The molecule has 1 atom stereocenters. The van der Waals surface area contributed by atoms with Crippen molar-refractivity contribution >= 4 is 11.6 Å². The molecule has 1 rings (SSSR count). The molecule has 0 saturated heterocycles. The Morgan fingerprint density at radius 2 is 2.11 bits per heavy atom. The second-order valence-corrected chi connectivity index (χ2v) is 5.00. The van der Waals surface area contributed by atoms with E-state index < -0.39 is 0 Å². The van der Waals surface area contributed by atoms with E-state index in [1.165, 1.54) is 7.11 Å². The van der Waals surface area contributed by atoms with Gasteiger partial charge in [0, 0.05) is 35.8 Å². The van der Waals surface area contributed by atoms with E-state index in [1.54, 1.807) is 12.1 Å². The zero-order valence-corrected chi connectivity index (χ0v) is 12.1. The summed E-state index contributed by atoms with van der Waals surface area (Å²) in [6.07, 6.45) is 0. The third-order valence-electron chi connectivity index (χ3n) is 2.98. The molecule has 0 spiro atoms. The molecule has 1 unspecified atom stereocenters. The van der Waals surface area contributed by atoms with E-state index in [0.29, 0.717) is 23.4 Å². The van der Waals surface area contributed by atoms with Crippen molar-refractivity contribution in [2.45, 2.75) is 19.5 Å². The minimum absolute atomic E-state index is 0.145. The molecule has 0 aromatic heterocycles. The van der Waals surface area contributed by atoms with E-state index in [2.05, 4.69) is 17.1 Å². The SMILES string of the molecule is COc1cc(Cl)cc(CNCC(C)N(C)C)c1O. The second-order valence-electron chi connectivity index (χ2n) is 4.56. The summed E-state index contributed by atoms with van der Waals surface area (Å²) in [6, 6.07) is 3.77. The number of hydrogen-bond acceptors (Lipinski definition) is 4. The van der Waals surface area contributed by atoms with Gasteiger partial charge < -0.3 is 20.1 Å². The van der Waals surface area contributed by atoms with E-state index in [4.69, 9.17) is 16.3 Å². The summed E-state index contributed by atoms with van der Waals surface area (Å²) < 4.78 is 5.06. The van der Waals surface area contributed by atoms with Crippen molar-refractivity contribution in [3.05, 3.63) is 22.7 Å². The lowest BCUT2D eigenvalue weighted by Gasteiger charge is -2.20. The highest BCUT2D eigenvalue weighted by Gasteiger charge is 2.10. The zero-order chi connectivity index (χ0) is 13.7. The van der Waals surface area contributed by atoms with Crippen LogP contribution in [0.1, 0.15) is 12.5 Å². The minimum Gasteiger partial charge on any atom is -0.504 e. The number of methoxy groups -OCH3 is 1. The molecule has 1 aromatic rings. The Morgan fingerprint density at radius 3 is 2.67 bits per heavy atom. The molecule has 4 nitrogen and oxygen atoms in total. The predicted octanol–water partition coefficient (Wildman–Crippen LogP) is 2.09. The van der Waals surface area contributed by atoms with Gasteiger partial charge in [0.05, 0.1) is 7.11 Å². The number of phenolic OH excluding ortho intramolecular Hbond substituents is 1. The number of rotatable bonds is 6. The van der Waals surface area contributed by atoms with E-state index in [9.17, 15) is 5.11 Å².